The van der Waals surface area contributed by atoms with E-state index in [2.05, 4.69) is 17.3 Å². The van der Waals surface area contributed by atoms with E-state index < -0.39 is 32.6 Å². The number of amides is 1. The van der Waals surface area contributed by atoms with Crippen molar-refractivity contribution in [1.29, 1.82) is 0 Å². The summed E-state index contributed by atoms with van der Waals surface area (Å²) >= 11 is 0. The van der Waals surface area contributed by atoms with Crippen LogP contribution in [0.3, 0.4) is 0 Å². The standard InChI is InChI=1S/C19H23F3N4O3S/c1-12-4-2-3-5-16(12)26-10-15(17(23)27)18(25-26)24-13-6-8-14(9-7-13)30(28,29)11-19(20,21)22/h6-10,12,16H,2-5,11H2,1H3,(H2,23,27)(H,24,25)/t12-,16-/m0/s1. The van der Waals surface area contributed by atoms with Crippen molar-refractivity contribution in [2.24, 2.45) is 11.7 Å². The average Bonchev–Trinajstić information content (AvgIpc) is 3.04. The van der Waals surface area contributed by atoms with Crippen LogP contribution in [0, 0.1) is 5.92 Å². The molecule has 1 saturated carbocycles. The first kappa shape index (κ1) is 22.1. The van der Waals surface area contributed by atoms with Crippen LogP contribution < -0.4 is 11.1 Å². The quantitative estimate of drug-likeness (QED) is 0.705. The number of benzene rings is 1. The minimum absolute atomic E-state index is 0.141. The van der Waals surface area contributed by atoms with E-state index in [1.54, 1.807) is 10.9 Å². The molecule has 1 fully saturated rings. The van der Waals surface area contributed by atoms with Crippen molar-refractivity contribution in [1.82, 2.24) is 9.78 Å². The van der Waals surface area contributed by atoms with Crippen LogP contribution >= 0.6 is 0 Å². The molecule has 0 radical (unpaired) electrons. The molecule has 3 N–H and O–H groups in total. The number of anilines is 2. The van der Waals surface area contributed by atoms with Gasteiger partial charge in [-0.3, -0.25) is 9.48 Å². The number of halogens is 3. The van der Waals surface area contributed by atoms with E-state index in [9.17, 15) is 26.4 Å². The maximum Gasteiger partial charge on any atom is 0.403 e. The Morgan fingerprint density at radius 2 is 1.87 bits per heavy atom. The molecule has 1 aromatic heterocycles. The second-order valence-electron chi connectivity index (χ2n) is 7.59. The summed E-state index contributed by atoms with van der Waals surface area (Å²) in [7, 11) is -4.49. The third kappa shape index (κ3) is 5.13. The molecule has 0 spiro atoms. The summed E-state index contributed by atoms with van der Waals surface area (Å²) in [5.74, 6) is -1.99. The molecule has 2 aromatic rings. The Kier molecular flexibility index (Phi) is 6.11. The molecule has 7 nitrogen and oxygen atoms in total. The normalized spacial score (nSPS) is 20.1. The molecule has 164 valence electrons. The van der Waals surface area contributed by atoms with E-state index in [0.29, 0.717) is 11.6 Å². The van der Waals surface area contributed by atoms with Gasteiger partial charge in [-0.1, -0.05) is 19.8 Å². The first-order chi connectivity index (χ1) is 14.0. The molecule has 0 bridgehead atoms. The monoisotopic (exact) mass is 444 g/mol. The van der Waals surface area contributed by atoms with E-state index >= 15 is 0 Å². The van der Waals surface area contributed by atoms with E-state index in [0.717, 1.165) is 37.8 Å². The highest BCUT2D eigenvalue weighted by molar-refractivity contribution is 7.91. The van der Waals surface area contributed by atoms with Crippen LogP contribution in [-0.2, 0) is 9.84 Å². The number of sulfone groups is 1. The Morgan fingerprint density at radius 3 is 2.43 bits per heavy atom. The molecule has 11 heteroatoms. The van der Waals surface area contributed by atoms with Gasteiger partial charge >= 0.3 is 6.18 Å². The first-order valence-electron chi connectivity index (χ1n) is 9.52. The maximum atomic E-state index is 12.5. The molecule has 1 amide bonds. The average molecular weight is 444 g/mol. The number of hydrogen-bond acceptors (Lipinski definition) is 5. The van der Waals surface area contributed by atoms with Gasteiger partial charge in [-0.05, 0) is 43.0 Å². The maximum absolute atomic E-state index is 12.5. The fourth-order valence-electron chi connectivity index (χ4n) is 3.70. The second-order valence-corrected chi connectivity index (χ2v) is 9.58. The number of primary amides is 1. The smallest absolute Gasteiger partial charge is 0.365 e. The number of carbonyl (C=O) groups is 1. The van der Waals surface area contributed by atoms with Gasteiger partial charge in [-0.25, -0.2) is 8.42 Å². The lowest BCUT2D eigenvalue weighted by Gasteiger charge is -2.28. The van der Waals surface area contributed by atoms with E-state index in [4.69, 9.17) is 5.73 Å². The molecule has 0 saturated heterocycles. The van der Waals surface area contributed by atoms with Crippen molar-refractivity contribution >= 4 is 27.2 Å². The van der Waals surface area contributed by atoms with Crippen LogP contribution in [0.4, 0.5) is 24.7 Å². The molecule has 3 rings (SSSR count). The number of carbonyl (C=O) groups excluding carboxylic acids is 1. The first-order valence-corrected chi connectivity index (χ1v) is 11.2. The third-order valence-electron chi connectivity index (χ3n) is 5.23. The van der Waals surface area contributed by atoms with Crippen LogP contribution in [-0.4, -0.2) is 36.0 Å². The lowest BCUT2D eigenvalue weighted by Crippen LogP contribution is -2.22. The number of aromatic nitrogens is 2. The van der Waals surface area contributed by atoms with Crippen molar-refractivity contribution in [3.63, 3.8) is 0 Å². The summed E-state index contributed by atoms with van der Waals surface area (Å²) in [5, 5.41) is 7.36. The number of nitrogens with two attached hydrogens (primary N) is 1. The SMILES string of the molecule is C[C@H]1CCCC[C@@H]1n1cc(C(N)=O)c(Nc2ccc(S(=O)(=O)CC(F)(F)F)cc2)n1. The van der Waals surface area contributed by atoms with Crippen LogP contribution in [0.15, 0.2) is 35.4 Å². The minimum atomic E-state index is -4.82. The molecule has 1 aliphatic carbocycles. The van der Waals surface area contributed by atoms with Crippen molar-refractivity contribution in [2.75, 3.05) is 11.1 Å². The lowest BCUT2D eigenvalue weighted by atomic mass is 9.86. The highest BCUT2D eigenvalue weighted by atomic mass is 32.2. The van der Waals surface area contributed by atoms with Crippen molar-refractivity contribution in [3.8, 4) is 0 Å². The van der Waals surface area contributed by atoms with Gasteiger partial charge in [0, 0.05) is 11.9 Å². The highest BCUT2D eigenvalue weighted by Crippen LogP contribution is 2.34. The highest BCUT2D eigenvalue weighted by Gasteiger charge is 2.36. The van der Waals surface area contributed by atoms with E-state index in [1.165, 1.54) is 12.1 Å². The second kappa shape index (κ2) is 8.29. The van der Waals surface area contributed by atoms with Gasteiger partial charge in [0.1, 0.15) is 5.56 Å². The summed E-state index contributed by atoms with van der Waals surface area (Å²) in [4.78, 5) is 11.4. The summed E-state index contributed by atoms with van der Waals surface area (Å²) in [6.07, 6.45) is 0.988. The van der Waals surface area contributed by atoms with Gasteiger partial charge < -0.3 is 11.1 Å². The summed E-state index contributed by atoms with van der Waals surface area (Å²) in [5.41, 5.74) is 6.02. The van der Waals surface area contributed by atoms with Gasteiger partial charge in [-0.2, -0.15) is 18.3 Å². The van der Waals surface area contributed by atoms with Gasteiger partial charge in [0.2, 0.25) is 0 Å². The molecule has 30 heavy (non-hydrogen) atoms. The van der Waals surface area contributed by atoms with Crippen LogP contribution in [0.5, 0.6) is 0 Å². The predicted octanol–water partition coefficient (Wildman–Crippen LogP) is 3.81. The van der Waals surface area contributed by atoms with Crippen molar-refractivity contribution in [2.45, 2.75) is 49.7 Å². The number of nitrogens with zero attached hydrogens (tertiary/aromatic N) is 2. The number of alkyl halides is 3. The molecule has 2 atom stereocenters. The topological polar surface area (TPSA) is 107 Å². The number of hydrogen-bond donors (Lipinski definition) is 2. The molecule has 1 aromatic carbocycles. The Labute approximate surface area is 172 Å². The summed E-state index contributed by atoms with van der Waals surface area (Å²) < 4.78 is 62.8. The molecule has 0 aliphatic heterocycles. The third-order valence-corrected chi connectivity index (χ3v) is 6.93. The Morgan fingerprint density at radius 1 is 1.23 bits per heavy atom. The fraction of sp³-hybridized carbons (Fsp3) is 0.474. The van der Waals surface area contributed by atoms with E-state index in [1.807, 2.05) is 0 Å². The zero-order valence-corrected chi connectivity index (χ0v) is 17.1. The van der Waals surface area contributed by atoms with Gasteiger partial charge in [0.25, 0.3) is 5.91 Å². The zero-order chi connectivity index (χ0) is 22.1. The van der Waals surface area contributed by atoms with Crippen LogP contribution in [0.1, 0.15) is 49.0 Å². The predicted molar refractivity (Wildman–Crippen MR) is 105 cm³/mol. The summed E-state index contributed by atoms with van der Waals surface area (Å²) in [6.45, 7) is 2.13. The minimum Gasteiger partial charge on any atom is -0.365 e. The van der Waals surface area contributed by atoms with Crippen LogP contribution in [0.25, 0.3) is 0 Å². The molecular formula is C19H23F3N4O3S. The van der Waals surface area contributed by atoms with E-state index in [-0.39, 0.29) is 17.4 Å². The Hall–Kier alpha value is -2.56. The largest absolute Gasteiger partial charge is 0.403 e. The molecular weight excluding hydrogens is 421 g/mol. The van der Waals surface area contributed by atoms with Crippen LogP contribution in [0.2, 0.25) is 0 Å². The van der Waals surface area contributed by atoms with Crippen molar-refractivity contribution < 1.29 is 26.4 Å². The lowest BCUT2D eigenvalue weighted by molar-refractivity contribution is -0.106. The number of rotatable bonds is 6. The summed E-state index contributed by atoms with van der Waals surface area (Å²) in [6, 6.07) is 4.93. The zero-order valence-electron chi connectivity index (χ0n) is 16.3. The number of nitrogens with one attached hydrogen (secondary N) is 1. The molecule has 1 aliphatic rings. The Bertz CT molecular complexity index is 1020. The van der Waals surface area contributed by atoms with Gasteiger partial charge in [0.05, 0.1) is 10.9 Å². The molecule has 0 unspecified atom stereocenters. The fourth-order valence-corrected chi connectivity index (χ4v) is 4.85. The molecule has 1 heterocycles. The van der Waals surface area contributed by atoms with Crippen molar-refractivity contribution in [3.05, 3.63) is 36.0 Å². The Balaban J connectivity index is 1.83. The van der Waals surface area contributed by atoms with Gasteiger partial charge in [-0.15, -0.1) is 0 Å². The van der Waals surface area contributed by atoms with Gasteiger partial charge in [0.15, 0.2) is 21.4 Å².